The minimum Gasteiger partial charge on any atom is -0.496 e. The Morgan fingerprint density at radius 2 is 2.20 bits per heavy atom. The van der Waals surface area contributed by atoms with Gasteiger partial charge in [0.05, 0.1) is 12.6 Å². The number of pyridine rings is 1. The predicted molar refractivity (Wildman–Crippen MR) is 58.4 cm³/mol. The number of rotatable bonds is 2. The van der Waals surface area contributed by atoms with Gasteiger partial charge < -0.3 is 4.74 Å². The first kappa shape index (κ1) is 9.65. The normalized spacial score (nSPS) is 10.3. The molecular formula is C12H11NO2. The smallest absolute Gasteiger partial charge is 0.152 e. The number of benzene rings is 1. The third-order valence-electron chi connectivity index (χ3n) is 2.31. The molecule has 15 heavy (non-hydrogen) atoms. The predicted octanol–water partition coefficient (Wildman–Crippen LogP) is 2.36. The van der Waals surface area contributed by atoms with Gasteiger partial charge in [0.2, 0.25) is 0 Å². The van der Waals surface area contributed by atoms with Gasteiger partial charge in [-0.05, 0) is 19.1 Å². The molecule has 0 aliphatic rings. The van der Waals surface area contributed by atoms with Gasteiger partial charge in [-0.15, -0.1) is 0 Å². The highest BCUT2D eigenvalue weighted by Gasteiger charge is 2.07. The monoisotopic (exact) mass is 201 g/mol. The fraction of sp³-hybridized carbons (Fsp3) is 0.167. The Labute approximate surface area is 87.7 Å². The lowest BCUT2D eigenvalue weighted by molar-refractivity contribution is 0.112. The second-order valence-corrected chi connectivity index (χ2v) is 3.33. The van der Waals surface area contributed by atoms with Crippen LogP contribution in [0.3, 0.4) is 0 Å². The van der Waals surface area contributed by atoms with Crippen LogP contribution in [-0.2, 0) is 0 Å². The molecule has 0 aliphatic heterocycles. The highest BCUT2D eigenvalue weighted by Crippen LogP contribution is 2.26. The summed E-state index contributed by atoms with van der Waals surface area (Å²) in [7, 11) is 1.61. The van der Waals surface area contributed by atoms with Crippen molar-refractivity contribution in [1.82, 2.24) is 4.98 Å². The first-order valence-electron chi connectivity index (χ1n) is 4.66. The van der Waals surface area contributed by atoms with E-state index in [0.717, 1.165) is 23.1 Å². The lowest BCUT2D eigenvalue weighted by Crippen LogP contribution is -1.93. The van der Waals surface area contributed by atoms with Crippen LogP contribution in [0.15, 0.2) is 24.3 Å². The van der Waals surface area contributed by atoms with Gasteiger partial charge in [0.25, 0.3) is 0 Å². The zero-order valence-electron chi connectivity index (χ0n) is 8.65. The summed E-state index contributed by atoms with van der Waals surface area (Å²) in [6.45, 7) is 1.88. The third kappa shape index (κ3) is 1.56. The van der Waals surface area contributed by atoms with Crippen molar-refractivity contribution in [3.05, 3.63) is 35.5 Å². The highest BCUT2D eigenvalue weighted by atomic mass is 16.5. The Morgan fingerprint density at radius 1 is 1.40 bits per heavy atom. The van der Waals surface area contributed by atoms with Gasteiger partial charge in [-0.3, -0.25) is 9.78 Å². The Balaban J connectivity index is 2.88. The van der Waals surface area contributed by atoms with Crippen LogP contribution in [0.4, 0.5) is 0 Å². The van der Waals surface area contributed by atoms with Crippen LogP contribution >= 0.6 is 0 Å². The number of nitrogens with zero attached hydrogens (tertiary/aromatic N) is 1. The number of hydrogen-bond donors (Lipinski definition) is 0. The van der Waals surface area contributed by atoms with Crippen molar-refractivity contribution in [3.8, 4) is 5.75 Å². The van der Waals surface area contributed by atoms with E-state index in [1.807, 2.05) is 25.1 Å². The van der Waals surface area contributed by atoms with E-state index < -0.39 is 0 Å². The molecule has 1 aromatic carbocycles. The molecule has 0 atom stereocenters. The third-order valence-corrected chi connectivity index (χ3v) is 2.31. The topological polar surface area (TPSA) is 39.2 Å². The first-order valence-corrected chi connectivity index (χ1v) is 4.66. The van der Waals surface area contributed by atoms with Crippen molar-refractivity contribution in [1.29, 1.82) is 0 Å². The lowest BCUT2D eigenvalue weighted by atomic mass is 10.1. The fourth-order valence-electron chi connectivity index (χ4n) is 1.63. The van der Waals surface area contributed by atoms with Crippen LogP contribution in [0.2, 0.25) is 0 Å². The molecule has 3 nitrogen and oxygen atoms in total. The maximum atomic E-state index is 10.9. The second kappa shape index (κ2) is 3.69. The number of aromatic nitrogens is 1. The van der Waals surface area contributed by atoms with E-state index in [4.69, 9.17) is 4.74 Å². The Bertz CT molecular complexity index is 520. The molecule has 3 heteroatoms. The van der Waals surface area contributed by atoms with E-state index in [1.165, 1.54) is 0 Å². The molecule has 0 saturated carbocycles. The lowest BCUT2D eigenvalue weighted by Gasteiger charge is -2.07. The number of ether oxygens (including phenoxy) is 1. The van der Waals surface area contributed by atoms with Gasteiger partial charge in [-0.25, -0.2) is 0 Å². The van der Waals surface area contributed by atoms with Gasteiger partial charge in [0, 0.05) is 22.7 Å². The summed E-state index contributed by atoms with van der Waals surface area (Å²) in [5.74, 6) is 0.751. The summed E-state index contributed by atoms with van der Waals surface area (Å²) in [5, 5.41) is 0.868. The molecule has 2 rings (SSSR count). The maximum absolute atomic E-state index is 10.9. The molecule has 0 aliphatic carbocycles. The zero-order chi connectivity index (χ0) is 10.8. The molecule has 0 amide bonds. The van der Waals surface area contributed by atoms with Crippen molar-refractivity contribution in [2.24, 2.45) is 0 Å². The minimum absolute atomic E-state index is 0.592. The van der Waals surface area contributed by atoms with Gasteiger partial charge >= 0.3 is 0 Å². The average molecular weight is 201 g/mol. The van der Waals surface area contributed by atoms with Crippen molar-refractivity contribution < 1.29 is 9.53 Å². The van der Waals surface area contributed by atoms with Crippen LogP contribution < -0.4 is 4.74 Å². The van der Waals surface area contributed by atoms with Gasteiger partial charge in [-0.2, -0.15) is 0 Å². The number of carbonyl (C=O) groups is 1. The van der Waals surface area contributed by atoms with Gasteiger partial charge in [0.1, 0.15) is 5.75 Å². The Hall–Kier alpha value is -1.90. The zero-order valence-corrected chi connectivity index (χ0v) is 8.65. The number of fused-ring (bicyclic) bond motifs is 1. The number of aldehydes is 1. The highest BCUT2D eigenvalue weighted by molar-refractivity contribution is 5.98. The van der Waals surface area contributed by atoms with Crippen molar-refractivity contribution in [2.45, 2.75) is 6.92 Å². The van der Waals surface area contributed by atoms with Crippen molar-refractivity contribution in [3.63, 3.8) is 0 Å². The fourth-order valence-corrected chi connectivity index (χ4v) is 1.63. The van der Waals surface area contributed by atoms with Crippen LogP contribution in [0, 0.1) is 6.92 Å². The van der Waals surface area contributed by atoms with E-state index in [9.17, 15) is 4.79 Å². The van der Waals surface area contributed by atoms with Crippen molar-refractivity contribution >= 4 is 17.2 Å². The quantitative estimate of drug-likeness (QED) is 0.700. The summed E-state index contributed by atoms with van der Waals surface area (Å²) in [6, 6.07) is 7.33. The van der Waals surface area contributed by atoms with E-state index in [-0.39, 0.29) is 0 Å². The van der Waals surface area contributed by atoms with Gasteiger partial charge in [0.15, 0.2) is 6.29 Å². The summed E-state index contributed by atoms with van der Waals surface area (Å²) in [5.41, 5.74) is 2.13. The largest absolute Gasteiger partial charge is 0.496 e. The maximum Gasteiger partial charge on any atom is 0.152 e. The molecule has 1 heterocycles. The van der Waals surface area contributed by atoms with Crippen LogP contribution in [0.5, 0.6) is 5.75 Å². The molecular weight excluding hydrogens is 190 g/mol. The Morgan fingerprint density at radius 3 is 2.87 bits per heavy atom. The Kier molecular flexibility index (Phi) is 2.37. The second-order valence-electron chi connectivity index (χ2n) is 3.33. The summed E-state index contributed by atoms with van der Waals surface area (Å²) in [4.78, 5) is 15.2. The summed E-state index contributed by atoms with van der Waals surface area (Å²) in [6.07, 6.45) is 0.814. The molecule has 0 fully saturated rings. The molecule has 0 N–H and O–H groups in total. The molecule has 0 saturated heterocycles. The van der Waals surface area contributed by atoms with E-state index >= 15 is 0 Å². The van der Waals surface area contributed by atoms with Gasteiger partial charge in [-0.1, -0.05) is 6.07 Å². The van der Waals surface area contributed by atoms with E-state index in [2.05, 4.69) is 4.98 Å². The number of hydrogen-bond acceptors (Lipinski definition) is 3. The number of carbonyl (C=O) groups excluding carboxylic acids is 1. The SMILES string of the molecule is COc1cc(C)nc2c(C=O)cccc12. The molecule has 0 spiro atoms. The van der Waals surface area contributed by atoms with Crippen molar-refractivity contribution in [2.75, 3.05) is 7.11 Å². The number of para-hydroxylation sites is 1. The molecule has 2 aromatic rings. The average Bonchev–Trinajstić information content (AvgIpc) is 2.27. The molecule has 0 unspecified atom stereocenters. The van der Waals surface area contributed by atoms with Crippen LogP contribution in [0.1, 0.15) is 16.1 Å². The summed E-state index contributed by atoms with van der Waals surface area (Å²) >= 11 is 0. The minimum atomic E-state index is 0.592. The number of methoxy groups -OCH3 is 1. The van der Waals surface area contributed by atoms with E-state index in [0.29, 0.717) is 11.1 Å². The standard InChI is InChI=1S/C12H11NO2/c1-8-6-11(15-2)10-5-3-4-9(7-14)12(10)13-8/h3-7H,1-2H3. The summed E-state index contributed by atoms with van der Waals surface area (Å²) < 4.78 is 5.25. The first-order chi connectivity index (χ1) is 7.26. The van der Waals surface area contributed by atoms with Crippen LogP contribution in [0.25, 0.3) is 10.9 Å². The van der Waals surface area contributed by atoms with Crippen LogP contribution in [-0.4, -0.2) is 18.4 Å². The molecule has 76 valence electrons. The molecule has 0 radical (unpaired) electrons. The van der Waals surface area contributed by atoms with E-state index in [1.54, 1.807) is 13.2 Å². The number of aryl methyl sites for hydroxylation is 1. The molecule has 1 aromatic heterocycles. The molecule has 0 bridgehead atoms.